The highest BCUT2D eigenvalue weighted by Crippen LogP contribution is 2.25. The zero-order valence-corrected chi connectivity index (χ0v) is 12.8. The second-order valence-corrected chi connectivity index (χ2v) is 6.22. The van der Waals surface area contributed by atoms with Crippen LogP contribution in [0.2, 0.25) is 0 Å². The van der Waals surface area contributed by atoms with E-state index in [9.17, 15) is 9.90 Å². The topological polar surface area (TPSA) is 80.0 Å². The Morgan fingerprint density at radius 1 is 1.45 bits per heavy atom. The van der Waals surface area contributed by atoms with Gasteiger partial charge < -0.3 is 10.4 Å². The first-order valence-corrected chi connectivity index (χ1v) is 7.12. The zero-order valence-electron chi connectivity index (χ0n) is 12.8. The van der Waals surface area contributed by atoms with E-state index in [2.05, 4.69) is 15.6 Å². The van der Waals surface area contributed by atoms with Crippen LogP contribution >= 0.6 is 0 Å². The predicted molar refractivity (Wildman–Crippen MR) is 76.9 cm³/mol. The normalized spacial score (nSPS) is 13.5. The summed E-state index contributed by atoms with van der Waals surface area (Å²) in [7, 11) is 0. The second-order valence-electron chi connectivity index (χ2n) is 6.22. The van der Waals surface area contributed by atoms with E-state index in [-0.39, 0.29) is 17.2 Å². The highest BCUT2D eigenvalue weighted by Gasteiger charge is 2.30. The van der Waals surface area contributed by atoms with Gasteiger partial charge in [0.1, 0.15) is 0 Å². The monoisotopic (exact) mass is 282 g/mol. The molecular formula is C14H26N4O2. The first-order chi connectivity index (χ1) is 9.33. The van der Waals surface area contributed by atoms with Gasteiger partial charge in [-0.15, -0.1) is 5.10 Å². The molecule has 0 aliphatic carbocycles. The number of aromatic nitrogens is 3. The van der Waals surface area contributed by atoms with Gasteiger partial charge in [-0.2, -0.15) is 0 Å². The first kappa shape index (κ1) is 16.6. The first-order valence-electron chi connectivity index (χ1n) is 7.12. The maximum absolute atomic E-state index is 11.8. The van der Waals surface area contributed by atoms with Crippen molar-refractivity contribution in [2.45, 2.75) is 53.2 Å². The molecule has 1 aromatic heterocycles. The van der Waals surface area contributed by atoms with E-state index < -0.39 is 6.10 Å². The average molecular weight is 282 g/mol. The van der Waals surface area contributed by atoms with Crippen LogP contribution in [0.25, 0.3) is 0 Å². The molecule has 0 aliphatic rings. The molecule has 0 radical (unpaired) electrons. The van der Waals surface area contributed by atoms with Crippen LogP contribution in [0, 0.1) is 11.3 Å². The molecule has 1 unspecified atom stereocenters. The summed E-state index contributed by atoms with van der Waals surface area (Å²) >= 11 is 0. The number of hydrogen-bond donors (Lipinski definition) is 2. The minimum Gasteiger partial charge on any atom is -0.392 e. The third-order valence-corrected chi connectivity index (χ3v) is 3.44. The summed E-state index contributed by atoms with van der Waals surface area (Å²) in [6.45, 7) is 9.05. The number of nitrogens with zero attached hydrogens (tertiary/aromatic N) is 3. The minimum absolute atomic E-state index is 0.00847. The van der Waals surface area contributed by atoms with E-state index >= 15 is 0 Å². The fourth-order valence-corrected chi connectivity index (χ4v) is 2.18. The molecule has 0 saturated carbocycles. The van der Waals surface area contributed by atoms with Gasteiger partial charge >= 0.3 is 0 Å². The van der Waals surface area contributed by atoms with Gasteiger partial charge in [0.15, 0.2) is 0 Å². The summed E-state index contributed by atoms with van der Waals surface area (Å²) in [5.41, 5.74) is -0.324. The molecule has 1 heterocycles. The van der Waals surface area contributed by atoms with E-state index in [4.69, 9.17) is 0 Å². The molecule has 6 nitrogen and oxygen atoms in total. The number of aliphatic hydroxyl groups excluding tert-OH is 1. The molecule has 6 heteroatoms. The smallest absolute Gasteiger partial charge is 0.220 e. The third-order valence-electron chi connectivity index (χ3n) is 3.44. The van der Waals surface area contributed by atoms with Gasteiger partial charge in [-0.3, -0.25) is 9.48 Å². The van der Waals surface area contributed by atoms with Gasteiger partial charge in [-0.05, 0) is 12.3 Å². The summed E-state index contributed by atoms with van der Waals surface area (Å²) in [6.07, 6.45) is 4.14. The van der Waals surface area contributed by atoms with E-state index in [1.165, 1.54) is 0 Å². The van der Waals surface area contributed by atoms with Crippen LogP contribution in [0.1, 0.15) is 40.5 Å². The Labute approximate surface area is 120 Å². The molecule has 0 saturated heterocycles. The van der Waals surface area contributed by atoms with Crippen molar-refractivity contribution in [2.75, 3.05) is 6.54 Å². The molecule has 1 aromatic rings. The third kappa shape index (κ3) is 5.28. The average Bonchev–Trinajstić information content (AvgIpc) is 2.88. The van der Waals surface area contributed by atoms with Gasteiger partial charge in [0.05, 0.1) is 12.3 Å². The number of carbonyl (C=O) groups excluding carboxylic acids is 1. The summed E-state index contributed by atoms with van der Waals surface area (Å²) in [4.78, 5) is 11.8. The Balaban J connectivity index is 2.25. The van der Waals surface area contributed by atoms with E-state index in [0.29, 0.717) is 19.5 Å². The molecular weight excluding hydrogens is 256 g/mol. The Morgan fingerprint density at radius 2 is 2.15 bits per heavy atom. The standard InChI is InChI=1S/C14H26N4O2/c1-11(2)13(20)14(3,4)10-15-12(19)6-5-8-18-9-7-16-17-18/h7,9,11,13,20H,5-6,8,10H2,1-4H3,(H,15,19). The molecule has 1 rings (SSSR count). The maximum Gasteiger partial charge on any atom is 0.220 e. The van der Waals surface area contributed by atoms with Crippen LogP contribution in [0.3, 0.4) is 0 Å². The molecule has 0 spiro atoms. The van der Waals surface area contributed by atoms with Gasteiger partial charge in [-0.25, -0.2) is 0 Å². The van der Waals surface area contributed by atoms with Crippen LogP contribution in [0.5, 0.6) is 0 Å². The summed E-state index contributed by atoms with van der Waals surface area (Å²) in [6, 6.07) is 0. The second kappa shape index (κ2) is 7.38. The molecule has 1 atom stereocenters. The quantitative estimate of drug-likeness (QED) is 0.751. The Morgan fingerprint density at radius 3 is 2.70 bits per heavy atom. The van der Waals surface area contributed by atoms with Gasteiger partial charge in [0.2, 0.25) is 5.91 Å². The van der Waals surface area contributed by atoms with Crippen LogP contribution in [-0.4, -0.2) is 38.7 Å². The van der Waals surface area contributed by atoms with Crippen LogP contribution in [0.4, 0.5) is 0 Å². The minimum atomic E-state index is -0.432. The molecule has 1 amide bonds. The molecule has 114 valence electrons. The highest BCUT2D eigenvalue weighted by molar-refractivity contribution is 5.75. The fourth-order valence-electron chi connectivity index (χ4n) is 2.18. The number of aryl methyl sites for hydroxylation is 1. The lowest BCUT2D eigenvalue weighted by Crippen LogP contribution is -2.43. The van der Waals surface area contributed by atoms with E-state index in [1.807, 2.05) is 27.7 Å². The molecule has 0 bridgehead atoms. The van der Waals surface area contributed by atoms with Crippen molar-refractivity contribution in [3.05, 3.63) is 12.4 Å². The highest BCUT2D eigenvalue weighted by atomic mass is 16.3. The SMILES string of the molecule is CC(C)C(O)C(C)(C)CNC(=O)CCCn1ccnn1. The zero-order chi connectivity index (χ0) is 15.2. The van der Waals surface area contributed by atoms with Gasteiger partial charge in [-0.1, -0.05) is 32.9 Å². The summed E-state index contributed by atoms with van der Waals surface area (Å²) in [5.74, 6) is 0.184. The van der Waals surface area contributed by atoms with Gasteiger partial charge in [0.25, 0.3) is 0 Å². The molecule has 20 heavy (non-hydrogen) atoms. The number of aliphatic hydroxyl groups is 1. The molecule has 0 aliphatic heterocycles. The lowest BCUT2D eigenvalue weighted by Gasteiger charge is -2.33. The number of amides is 1. The van der Waals surface area contributed by atoms with Crippen LogP contribution < -0.4 is 5.32 Å². The van der Waals surface area contributed by atoms with Crippen molar-refractivity contribution in [1.82, 2.24) is 20.3 Å². The van der Waals surface area contributed by atoms with Crippen molar-refractivity contribution in [3.63, 3.8) is 0 Å². The maximum atomic E-state index is 11.8. The molecule has 2 N–H and O–H groups in total. The Kier molecular flexibility index (Phi) is 6.13. The van der Waals surface area contributed by atoms with Crippen molar-refractivity contribution in [2.24, 2.45) is 11.3 Å². The van der Waals surface area contributed by atoms with Crippen LogP contribution in [-0.2, 0) is 11.3 Å². The van der Waals surface area contributed by atoms with E-state index in [1.54, 1.807) is 17.1 Å². The van der Waals surface area contributed by atoms with Crippen molar-refractivity contribution < 1.29 is 9.90 Å². The number of carbonyl (C=O) groups is 1. The van der Waals surface area contributed by atoms with Crippen molar-refractivity contribution in [3.8, 4) is 0 Å². The Bertz CT molecular complexity index is 401. The lowest BCUT2D eigenvalue weighted by molar-refractivity contribution is -0.122. The fraction of sp³-hybridized carbons (Fsp3) is 0.786. The van der Waals surface area contributed by atoms with Crippen LogP contribution in [0.15, 0.2) is 12.4 Å². The predicted octanol–water partition coefficient (Wildman–Crippen LogP) is 1.22. The number of hydrogen-bond acceptors (Lipinski definition) is 4. The van der Waals surface area contributed by atoms with E-state index in [0.717, 1.165) is 6.42 Å². The largest absolute Gasteiger partial charge is 0.392 e. The molecule has 0 aromatic carbocycles. The number of rotatable bonds is 8. The molecule has 0 fully saturated rings. The van der Waals surface area contributed by atoms with Crippen molar-refractivity contribution >= 4 is 5.91 Å². The lowest BCUT2D eigenvalue weighted by atomic mass is 9.80. The number of nitrogens with one attached hydrogen (secondary N) is 1. The summed E-state index contributed by atoms with van der Waals surface area (Å²) < 4.78 is 1.71. The summed E-state index contributed by atoms with van der Waals surface area (Å²) in [5, 5.41) is 20.5. The van der Waals surface area contributed by atoms with Gasteiger partial charge in [0, 0.05) is 31.1 Å². The van der Waals surface area contributed by atoms with Crippen molar-refractivity contribution in [1.29, 1.82) is 0 Å². The Hall–Kier alpha value is -1.43.